The number of amides is 2. The highest BCUT2D eigenvalue weighted by Crippen LogP contribution is 2.34. The number of para-hydroxylation sites is 1. The molecular formula is C29H32Cl3N7O2. The molecule has 6 rings (SSSR count). The predicted octanol–water partition coefficient (Wildman–Crippen LogP) is 5.33. The van der Waals surface area contributed by atoms with E-state index in [9.17, 15) is 9.59 Å². The van der Waals surface area contributed by atoms with Crippen LogP contribution in [0.15, 0.2) is 41.2 Å². The summed E-state index contributed by atoms with van der Waals surface area (Å²) >= 11 is 18.9. The molecule has 12 heteroatoms. The quantitative estimate of drug-likeness (QED) is 0.317. The number of imidazole rings is 1. The van der Waals surface area contributed by atoms with Crippen molar-refractivity contribution in [3.05, 3.63) is 73.2 Å². The van der Waals surface area contributed by atoms with E-state index in [1.54, 1.807) is 22.6 Å². The van der Waals surface area contributed by atoms with Crippen molar-refractivity contribution < 1.29 is 4.79 Å². The van der Waals surface area contributed by atoms with Crippen LogP contribution in [0.25, 0.3) is 22.3 Å². The van der Waals surface area contributed by atoms with Gasteiger partial charge in [0, 0.05) is 62.5 Å². The van der Waals surface area contributed by atoms with Crippen molar-refractivity contribution in [3.8, 4) is 11.3 Å². The third-order valence-corrected chi connectivity index (χ3v) is 9.50. The Morgan fingerprint density at radius 3 is 2.54 bits per heavy atom. The number of rotatable bonds is 6. The third kappa shape index (κ3) is 5.25. The molecule has 0 unspecified atom stereocenters. The van der Waals surface area contributed by atoms with Crippen LogP contribution >= 0.6 is 34.8 Å². The lowest BCUT2D eigenvalue weighted by Gasteiger charge is -2.32. The van der Waals surface area contributed by atoms with Gasteiger partial charge in [0.1, 0.15) is 0 Å². The van der Waals surface area contributed by atoms with Crippen molar-refractivity contribution in [1.82, 2.24) is 28.7 Å². The second kappa shape index (κ2) is 11.4. The van der Waals surface area contributed by atoms with E-state index in [1.807, 2.05) is 34.9 Å². The van der Waals surface area contributed by atoms with Gasteiger partial charge in [0.2, 0.25) is 0 Å². The first-order valence-electron chi connectivity index (χ1n) is 13.9. The summed E-state index contributed by atoms with van der Waals surface area (Å²) in [6.07, 6.45) is 3.45. The Hall–Kier alpha value is -2.98. The Balaban J connectivity index is 1.13. The Morgan fingerprint density at radius 2 is 1.80 bits per heavy atom. The average molecular weight is 617 g/mol. The Bertz CT molecular complexity index is 1680. The number of nitrogens with zero attached hydrogens (tertiary/aromatic N) is 6. The number of halogens is 3. The Kier molecular flexibility index (Phi) is 7.80. The number of piperidine rings is 1. The van der Waals surface area contributed by atoms with Crippen LogP contribution in [-0.2, 0) is 26.6 Å². The van der Waals surface area contributed by atoms with Crippen LogP contribution in [0.1, 0.15) is 36.6 Å². The normalized spacial score (nSPS) is 16.4. The van der Waals surface area contributed by atoms with E-state index in [0.29, 0.717) is 34.6 Å². The molecule has 2 aliphatic rings. The first-order chi connectivity index (χ1) is 19.7. The van der Waals surface area contributed by atoms with Gasteiger partial charge in [0.05, 0.1) is 38.3 Å². The maximum absolute atomic E-state index is 13.1. The van der Waals surface area contributed by atoms with E-state index in [4.69, 9.17) is 45.6 Å². The smallest absolute Gasteiger partial charge is 0.329 e. The van der Waals surface area contributed by atoms with E-state index >= 15 is 0 Å². The molecule has 0 aliphatic carbocycles. The molecule has 2 aromatic carbocycles. The van der Waals surface area contributed by atoms with Crippen LogP contribution in [0, 0.1) is 0 Å². The third-order valence-electron chi connectivity index (χ3n) is 8.46. The summed E-state index contributed by atoms with van der Waals surface area (Å²) in [6, 6.07) is 10.9. The molecular weight excluding hydrogens is 585 g/mol. The number of primary amides is 1. The Morgan fingerprint density at radius 1 is 1.02 bits per heavy atom. The number of aryl methyl sites for hydroxylation is 2. The van der Waals surface area contributed by atoms with Crippen LogP contribution < -0.4 is 11.4 Å². The van der Waals surface area contributed by atoms with Crippen molar-refractivity contribution in [2.24, 2.45) is 12.8 Å². The van der Waals surface area contributed by atoms with E-state index < -0.39 is 6.03 Å². The zero-order chi connectivity index (χ0) is 28.8. The summed E-state index contributed by atoms with van der Waals surface area (Å²) in [7, 11) is 1.79. The molecule has 41 heavy (non-hydrogen) atoms. The van der Waals surface area contributed by atoms with Gasteiger partial charge < -0.3 is 15.5 Å². The van der Waals surface area contributed by atoms with E-state index in [1.165, 1.54) is 0 Å². The number of hydrogen-bond acceptors (Lipinski definition) is 4. The predicted molar refractivity (Wildman–Crippen MR) is 163 cm³/mol. The summed E-state index contributed by atoms with van der Waals surface area (Å²) in [5, 5.41) is 6.53. The first-order valence-corrected chi connectivity index (χ1v) is 15.0. The van der Waals surface area contributed by atoms with Gasteiger partial charge in [-0.3, -0.25) is 13.8 Å². The number of carbonyl (C=O) groups excluding carboxylic acids is 1. The van der Waals surface area contributed by atoms with Gasteiger partial charge in [-0.25, -0.2) is 9.59 Å². The number of hydrogen-bond donors (Lipinski definition) is 1. The molecule has 2 N–H and O–H groups in total. The number of carbonyl (C=O) groups is 1. The number of fused-ring (bicyclic) bond motifs is 2. The lowest BCUT2D eigenvalue weighted by Crippen LogP contribution is -2.40. The van der Waals surface area contributed by atoms with Gasteiger partial charge in [-0.15, -0.1) is 0 Å². The molecule has 0 atom stereocenters. The van der Waals surface area contributed by atoms with E-state index in [2.05, 4.69) is 9.58 Å². The molecule has 4 aromatic rings. The fourth-order valence-corrected chi connectivity index (χ4v) is 6.92. The molecule has 0 radical (unpaired) electrons. The SMILES string of the molecule is Cn1c(=O)n(C2CCN(CCCn3nc(-c4ccc(Cl)c(Cl)c4)c4c3CCN(C(N)=O)C4)CC2)c2cccc(Cl)c21. The highest BCUT2D eigenvalue weighted by molar-refractivity contribution is 6.42. The van der Waals surface area contributed by atoms with E-state index in [-0.39, 0.29) is 11.7 Å². The van der Waals surface area contributed by atoms with Crippen molar-refractivity contribution in [2.45, 2.75) is 44.8 Å². The van der Waals surface area contributed by atoms with Gasteiger partial charge in [0.15, 0.2) is 0 Å². The van der Waals surface area contributed by atoms with E-state index in [0.717, 1.165) is 79.0 Å². The number of aromatic nitrogens is 4. The largest absolute Gasteiger partial charge is 0.351 e. The minimum atomic E-state index is -0.430. The van der Waals surface area contributed by atoms with Crippen LogP contribution in [0.3, 0.4) is 0 Å². The van der Waals surface area contributed by atoms with Gasteiger partial charge in [-0.2, -0.15) is 5.10 Å². The molecule has 2 aromatic heterocycles. The van der Waals surface area contributed by atoms with Gasteiger partial charge in [0.25, 0.3) is 0 Å². The summed E-state index contributed by atoms with van der Waals surface area (Å²) in [6.45, 7) is 4.54. The summed E-state index contributed by atoms with van der Waals surface area (Å²) in [5.41, 5.74) is 11.1. The topological polar surface area (TPSA) is 94.3 Å². The van der Waals surface area contributed by atoms with Gasteiger partial charge in [-0.05, 0) is 50.1 Å². The summed E-state index contributed by atoms with van der Waals surface area (Å²) < 4.78 is 5.66. The number of nitrogens with two attached hydrogens (primary N) is 1. The Labute approximate surface area is 253 Å². The number of benzene rings is 2. The lowest BCUT2D eigenvalue weighted by molar-refractivity contribution is 0.181. The fourth-order valence-electron chi connectivity index (χ4n) is 6.33. The summed E-state index contributed by atoms with van der Waals surface area (Å²) in [5.74, 6) is 0. The molecule has 2 aliphatic heterocycles. The highest BCUT2D eigenvalue weighted by Gasteiger charge is 2.28. The lowest BCUT2D eigenvalue weighted by atomic mass is 10.0. The molecule has 0 spiro atoms. The van der Waals surface area contributed by atoms with Gasteiger partial charge >= 0.3 is 11.7 Å². The minimum absolute atomic E-state index is 0.0114. The second-order valence-electron chi connectivity index (χ2n) is 10.9. The molecule has 1 fully saturated rings. The van der Waals surface area contributed by atoms with Crippen LogP contribution in [0.5, 0.6) is 0 Å². The van der Waals surface area contributed by atoms with Crippen molar-refractivity contribution in [2.75, 3.05) is 26.2 Å². The molecule has 0 saturated carbocycles. The zero-order valence-electron chi connectivity index (χ0n) is 22.8. The maximum atomic E-state index is 13.1. The molecule has 216 valence electrons. The molecule has 0 bridgehead atoms. The van der Waals surface area contributed by atoms with Crippen LogP contribution in [-0.4, -0.2) is 60.9 Å². The fraction of sp³-hybridized carbons (Fsp3) is 0.414. The second-order valence-corrected chi connectivity index (χ2v) is 12.1. The number of likely N-dealkylation sites (tertiary alicyclic amines) is 1. The number of urea groups is 1. The molecule has 2 amide bonds. The molecule has 9 nitrogen and oxygen atoms in total. The van der Waals surface area contributed by atoms with Crippen LogP contribution in [0.4, 0.5) is 4.79 Å². The molecule has 1 saturated heterocycles. The standard InChI is InChI=1S/C29H32Cl3N7O2/c1-35-27-22(31)4-2-5-25(27)39(29(35)41)19-8-13-36(14-9-19)11-3-12-38-24-10-15-37(28(33)40)17-20(24)26(34-38)18-6-7-21(30)23(32)16-18/h2,4-7,16,19H,3,8-15,17H2,1H3,(H2,33,40). The van der Waals surface area contributed by atoms with Crippen molar-refractivity contribution in [1.29, 1.82) is 0 Å². The highest BCUT2D eigenvalue weighted by atomic mass is 35.5. The first kappa shape index (κ1) is 28.2. The zero-order valence-corrected chi connectivity index (χ0v) is 25.1. The maximum Gasteiger partial charge on any atom is 0.329 e. The van der Waals surface area contributed by atoms with Gasteiger partial charge in [-0.1, -0.05) is 46.9 Å². The average Bonchev–Trinajstić information content (AvgIpc) is 3.45. The minimum Gasteiger partial charge on any atom is -0.351 e. The summed E-state index contributed by atoms with van der Waals surface area (Å²) in [4.78, 5) is 29.1. The van der Waals surface area contributed by atoms with Crippen molar-refractivity contribution >= 4 is 51.9 Å². The van der Waals surface area contributed by atoms with Crippen LogP contribution in [0.2, 0.25) is 15.1 Å². The van der Waals surface area contributed by atoms with Crippen molar-refractivity contribution in [3.63, 3.8) is 0 Å². The molecule has 4 heterocycles. The monoisotopic (exact) mass is 615 g/mol.